The standard InChI is InChI=1S/C27H26N2O4S/c1-17-9-14-23(18(2)15-17)29-26(31)25(20-7-5-4-6-8-20)34-22-12-10-21(11-13-22)28-24(30)16-19(3)27(32)33/h4-16,25H,1-3H3,(H,28,30)(H,29,31)(H,32,33). The largest absolute Gasteiger partial charge is 0.478 e. The van der Waals surface area contributed by atoms with Gasteiger partial charge < -0.3 is 15.7 Å². The van der Waals surface area contributed by atoms with Gasteiger partial charge >= 0.3 is 5.97 Å². The molecule has 0 radical (unpaired) electrons. The van der Waals surface area contributed by atoms with Crippen LogP contribution in [0.1, 0.15) is 28.9 Å². The van der Waals surface area contributed by atoms with Gasteiger partial charge in [0, 0.05) is 27.9 Å². The molecule has 6 nitrogen and oxygen atoms in total. The monoisotopic (exact) mass is 474 g/mol. The number of carbonyl (C=O) groups is 3. The Bertz CT molecular complexity index is 1220. The van der Waals surface area contributed by atoms with E-state index in [-0.39, 0.29) is 11.5 Å². The number of nitrogens with one attached hydrogen (secondary N) is 2. The molecule has 0 spiro atoms. The summed E-state index contributed by atoms with van der Waals surface area (Å²) in [6.45, 7) is 5.33. The van der Waals surface area contributed by atoms with E-state index in [1.54, 1.807) is 12.1 Å². The minimum absolute atomic E-state index is 0.0507. The Morgan fingerprint density at radius 3 is 2.21 bits per heavy atom. The van der Waals surface area contributed by atoms with Crippen LogP contribution in [-0.2, 0) is 14.4 Å². The number of benzene rings is 3. The molecule has 3 aromatic carbocycles. The van der Waals surface area contributed by atoms with Crippen molar-refractivity contribution in [1.82, 2.24) is 0 Å². The first kappa shape index (κ1) is 24.8. The van der Waals surface area contributed by atoms with Gasteiger partial charge in [0.05, 0.1) is 0 Å². The van der Waals surface area contributed by atoms with Gasteiger partial charge in [0.2, 0.25) is 11.8 Å². The van der Waals surface area contributed by atoms with Crippen molar-refractivity contribution in [3.63, 3.8) is 0 Å². The molecule has 0 aromatic heterocycles. The Labute approximate surface area is 203 Å². The molecule has 2 amide bonds. The van der Waals surface area contributed by atoms with Crippen LogP contribution >= 0.6 is 11.8 Å². The minimum Gasteiger partial charge on any atom is -0.478 e. The molecule has 34 heavy (non-hydrogen) atoms. The van der Waals surface area contributed by atoms with E-state index in [1.165, 1.54) is 18.7 Å². The van der Waals surface area contributed by atoms with Gasteiger partial charge in [0.15, 0.2) is 0 Å². The minimum atomic E-state index is -1.15. The number of amides is 2. The Balaban J connectivity index is 1.76. The molecule has 0 aliphatic carbocycles. The van der Waals surface area contributed by atoms with Crippen LogP contribution in [0.15, 0.2) is 89.3 Å². The van der Waals surface area contributed by atoms with Gasteiger partial charge in [0.25, 0.3) is 0 Å². The van der Waals surface area contributed by atoms with E-state index < -0.39 is 17.1 Å². The second-order valence-corrected chi connectivity index (χ2v) is 9.04. The van der Waals surface area contributed by atoms with Gasteiger partial charge in [-0.3, -0.25) is 9.59 Å². The summed E-state index contributed by atoms with van der Waals surface area (Å²) in [4.78, 5) is 37.0. The van der Waals surface area contributed by atoms with Crippen LogP contribution < -0.4 is 10.6 Å². The SMILES string of the molecule is CC(=CC(=O)Nc1ccc(SC(C(=O)Nc2ccc(C)cc2C)c2ccccc2)cc1)C(=O)O. The molecule has 1 atom stereocenters. The summed E-state index contributed by atoms with van der Waals surface area (Å²) in [6.07, 6.45) is 1.04. The molecule has 0 saturated carbocycles. The maximum atomic E-state index is 13.3. The topological polar surface area (TPSA) is 95.5 Å². The summed E-state index contributed by atoms with van der Waals surface area (Å²) in [5, 5.41) is 14.1. The molecular formula is C27H26N2O4S. The highest BCUT2D eigenvalue weighted by Gasteiger charge is 2.22. The average Bonchev–Trinajstić information content (AvgIpc) is 2.80. The quantitative estimate of drug-likeness (QED) is 0.286. The first-order valence-corrected chi connectivity index (χ1v) is 11.5. The summed E-state index contributed by atoms with van der Waals surface area (Å²) in [7, 11) is 0. The number of carbonyl (C=O) groups excluding carboxylic acids is 2. The molecule has 1 unspecified atom stereocenters. The normalized spacial score (nSPS) is 12.0. The number of carboxylic acid groups (broad SMARTS) is 1. The predicted molar refractivity (Wildman–Crippen MR) is 136 cm³/mol. The van der Waals surface area contributed by atoms with Crippen molar-refractivity contribution in [1.29, 1.82) is 0 Å². The van der Waals surface area contributed by atoms with Crippen molar-refractivity contribution in [3.05, 3.63) is 101 Å². The van der Waals surface area contributed by atoms with E-state index in [0.29, 0.717) is 5.69 Å². The summed E-state index contributed by atoms with van der Waals surface area (Å²) in [5.74, 6) is -1.79. The number of thioether (sulfide) groups is 1. The number of aryl methyl sites for hydroxylation is 2. The lowest BCUT2D eigenvalue weighted by Gasteiger charge is -2.18. The molecule has 0 aliphatic heterocycles. The lowest BCUT2D eigenvalue weighted by atomic mass is 10.1. The van der Waals surface area contributed by atoms with E-state index in [1.807, 2.05) is 74.5 Å². The Morgan fingerprint density at radius 1 is 0.912 bits per heavy atom. The van der Waals surface area contributed by atoms with Crippen molar-refractivity contribution >= 4 is 40.9 Å². The van der Waals surface area contributed by atoms with Crippen molar-refractivity contribution in [3.8, 4) is 0 Å². The van der Waals surface area contributed by atoms with E-state index in [0.717, 1.165) is 33.3 Å². The highest BCUT2D eigenvalue weighted by Crippen LogP contribution is 2.37. The smallest absolute Gasteiger partial charge is 0.331 e. The van der Waals surface area contributed by atoms with Crippen LogP contribution in [0.5, 0.6) is 0 Å². The highest BCUT2D eigenvalue weighted by molar-refractivity contribution is 8.00. The first-order chi connectivity index (χ1) is 16.2. The van der Waals surface area contributed by atoms with Gasteiger partial charge in [-0.05, 0) is 62.2 Å². The van der Waals surface area contributed by atoms with Crippen LogP contribution in [-0.4, -0.2) is 22.9 Å². The highest BCUT2D eigenvalue weighted by atomic mass is 32.2. The van der Waals surface area contributed by atoms with Crippen LogP contribution in [0.4, 0.5) is 11.4 Å². The molecule has 3 rings (SSSR count). The Kier molecular flexibility index (Phi) is 8.27. The lowest BCUT2D eigenvalue weighted by Crippen LogP contribution is -2.19. The number of carboxylic acids is 1. The zero-order valence-electron chi connectivity index (χ0n) is 19.2. The van der Waals surface area contributed by atoms with Gasteiger partial charge in [-0.25, -0.2) is 4.79 Å². The third-order valence-corrected chi connectivity index (χ3v) is 6.31. The zero-order chi connectivity index (χ0) is 24.7. The Hall–Kier alpha value is -3.84. The maximum Gasteiger partial charge on any atom is 0.331 e. The molecule has 0 heterocycles. The van der Waals surface area contributed by atoms with E-state index in [9.17, 15) is 14.4 Å². The van der Waals surface area contributed by atoms with Crippen LogP contribution in [0.3, 0.4) is 0 Å². The molecule has 0 fully saturated rings. The van der Waals surface area contributed by atoms with Gasteiger partial charge in [0.1, 0.15) is 5.25 Å². The summed E-state index contributed by atoms with van der Waals surface area (Å²) in [6, 6.07) is 22.5. The van der Waals surface area contributed by atoms with Crippen LogP contribution in [0.25, 0.3) is 0 Å². The first-order valence-electron chi connectivity index (χ1n) is 10.7. The van der Waals surface area contributed by atoms with Crippen LogP contribution in [0, 0.1) is 13.8 Å². The molecular weight excluding hydrogens is 448 g/mol. The van der Waals surface area contributed by atoms with Crippen molar-refractivity contribution in [2.75, 3.05) is 10.6 Å². The molecule has 0 saturated heterocycles. The third kappa shape index (κ3) is 6.83. The van der Waals surface area contributed by atoms with E-state index in [2.05, 4.69) is 10.6 Å². The molecule has 3 aromatic rings. The second-order valence-electron chi connectivity index (χ2n) is 7.86. The Morgan fingerprint density at radius 2 is 1.59 bits per heavy atom. The number of aliphatic carboxylic acids is 1. The van der Waals surface area contributed by atoms with Gasteiger partial charge in [-0.1, -0.05) is 48.0 Å². The number of hydrogen-bond acceptors (Lipinski definition) is 4. The fourth-order valence-electron chi connectivity index (χ4n) is 3.24. The molecule has 174 valence electrons. The predicted octanol–water partition coefficient (Wildman–Crippen LogP) is 5.74. The maximum absolute atomic E-state index is 13.3. The van der Waals surface area contributed by atoms with Gasteiger partial charge in [-0.15, -0.1) is 11.8 Å². The lowest BCUT2D eigenvalue weighted by molar-refractivity contribution is -0.132. The molecule has 0 aliphatic rings. The summed E-state index contributed by atoms with van der Waals surface area (Å²) < 4.78 is 0. The number of rotatable bonds is 8. The zero-order valence-corrected chi connectivity index (χ0v) is 20.0. The fourth-order valence-corrected chi connectivity index (χ4v) is 4.27. The summed E-state index contributed by atoms with van der Waals surface area (Å²) >= 11 is 1.41. The molecule has 3 N–H and O–H groups in total. The van der Waals surface area contributed by atoms with E-state index in [4.69, 9.17) is 5.11 Å². The van der Waals surface area contributed by atoms with Crippen molar-refractivity contribution < 1.29 is 19.5 Å². The van der Waals surface area contributed by atoms with Crippen molar-refractivity contribution in [2.24, 2.45) is 0 Å². The van der Waals surface area contributed by atoms with Crippen LogP contribution in [0.2, 0.25) is 0 Å². The molecule has 7 heteroatoms. The second kappa shape index (κ2) is 11.3. The number of hydrogen-bond donors (Lipinski definition) is 3. The molecule has 0 bridgehead atoms. The number of anilines is 2. The van der Waals surface area contributed by atoms with Crippen molar-refractivity contribution in [2.45, 2.75) is 30.9 Å². The van der Waals surface area contributed by atoms with Gasteiger partial charge in [-0.2, -0.15) is 0 Å². The van der Waals surface area contributed by atoms with E-state index >= 15 is 0 Å². The average molecular weight is 475 g/mol. The third-order valence-electron chi connectivity index (χ3n) is 5.04. The summed E-state index contributed by atoms with van der Waals surface area (Å²) in [5.41, 5.74) is 4.26. The fraction of sp³-hybridized carbons (Fsp3) is 0.148.